The van der Waals surface area contributed by atoms with E-state index in [1.165, 1.54) is 11.3 Å². The van der Waals surface area contributed by atoms with Crippen LogP contribution in [0, 0.1) is 0 Å². The summed E-state index contributed by atoms with van der Waals surface area (Å²) in [5.74, 6) is 0. The van der Waals surface area contributed by atoms with E-state index >= 15 is 0 Å². The van der Waals surface area contributed by atoms with Crippen molar-refractivity contribution < 1.29 is 14.4 Å². The van der Waals surface area contributed by atoms with E-state index in [9.17, 15) is 0 Å². The number of rotatable bonds is 4. The molecule has 0 spiro atoms. The van der Waals surface area contributed by atoms with E-state index in [0.29, 0.717) is 6.54 Å². The lowest BCUT2D eigenvalue weighted by atomic mass is 9.78. The van der Waals surface area contributed by atoms with E-state index < -0.39 is 7.12 Å². The summed E-state index contributed by atoms with van der Waals surface area (Å²) in [7, 11) is -0.452. The molecule has 1 aliphatic rings. The van der Waals surface area contributed by atoms with Crippen molar-refractivity contribution >= 4 is 24.5 Å². The van der Waals surface area contributed by atoms with Crippen LogP contribution in [0.15, 0.2) is 11.7 Å². The molecule has 20 heavy (non-hydrogen) atoms. The fraction of sp³-hybridized carbons (Fsp3) is 0.615. The molecule has 7 heteroatoms. The Bertz CT molecular complexity index is 497. The molecule has 2 rings (SSSR count). The summed E-state index contributed by atoms with van der Waals surface area (Å²) < 4.78 is 12.0. The van der Waals surface area contributed by atoms with Gasteiger partial charge in [-0.25, -0.2) is 4.98 Å². The molecule has 0 radical (unpaired) electrons. The Hall–Kier alpha value is -0.725. The maximum atomic E-state index is 9.07. The lowest BCUT2D eigenvalue weighted by molar-refractivity contribution is 0.00578. The maximum Gasteiger partial charge on any atom is 0.491 e. The third-order valence-electron chi connectivity index (χ3n) is 3.83. The van der Waals surface area contributed by atoms with Crippen molar-refractivity contribution in [3.05, 3.63) is 21.6 Å². The van der Waals surface area contributed by atoms with Crippen LogP contribution in [-0.4, -0.2) is 35.0 Å². The summed E-state index contributed by atoms with van der Waals surface area (Å²) in [4.78, 5) is 5.06. The zero-order chi connectivity index (χ0) is 15.0. The molecule has 0 saturated carbocycles. The van der Waals surface area contributed by atoms with Gasteiger partial charge in [0.05, 0.1) is 22.7 Å². The largest absolute Gasteiger partial charge is 0.491 e. The third kappa shape index (κ3) is 2.97. The molecule has 1 fully saturated rings. The molecule has 5 nitrogen and oxygen atoms in total. The zero-order valence-corrected chi connectivity index (χ0v) is 13.2. The van der Waals surface area contributed by atoms with Crippen molar-refractivity contribution in [3.8, 4) is 0 Å². The van der Waals surface area contributed by atoms with Gasteiger partial charge in [-0.2, -0.15) is 0 Å². The summed E-state index contributed by atoms with van der Waals surface area (Å²) in [5.41, 5.74) is 5.90. The standard InChI is InChI=1S/C13H21BN2O3S/c1-12(2)13(3,4)19-14(18-12)9(6-15)5-11-16-7-10(8-17)20-11/h5,7,17H,6,8,15H2,1-4H3. The van der Waals surface area contributed by atoms with Gasteiger partial charge in [-0.3, -0.25) is 0 Å². The molecule has 0 atom stereocenters. The summed E-state index contributed by atoms with van der Waals surface area (Å²) in [6.07, 6.45) is 3.54. The molecule has 0 bridgehead atoms. The van der Waals surface area contributed by atoms with Gasteiger partial charge >= 0.3 is 7.12 Å². The van der Waals surface area contributed by atoms with Crippen LogP contribution in [0.25, 0.3) is 6.08 Å². The summed E-state index contributed by atoms with van der Waals surface area (Å²) in [6.45, 7) is 8.37. The monoisotopic (exact) mass is 296 g/mol. The molecule has 1 aromatic rings. The highest BCUT2D eigenvalue weighted by atomic mass is 32.1. The number of nitrogens with two attached hydrogens (primary N) is 1. The number of nitrogens with zero attached hydrogens (tertiary/aromatic N) is 1. The normalized spacial score (nSPS) is 21.5. The first-order valence-electron chi connectivity index (χ1n) is 6.61. The van der Waals surface area contributed by atoms with Crippen LogP contribution < -0.4 is 5.73 Å². The topological polar surface area (TPSA) is 77.6 Å². The van der Waals surface area contributed by atoms with E-state index in [2.05, 4.69) is 4.98 Å². The molecular weight excluding hydrogens is 275 g/mol. The second-order valence-corrected chi connectivity index (χ2v) is 6.98. The van der Waals surface area contributed by atoms with Crippen molar-refractivity contribution in [2.45, 2.75) is 45.5 Å². The van der Waals surface area contributed by atoms with Gasteiger partial charge in [0.2, 0.25) is 0 Å². The second-order valence-electron chi connectivity index (χ2n) is 5.83. The molecule has 0 aliphatic carbocycles. The zero-order valence-electron chi connectivity index (χ0n) is 12.3. The molecule has 1 saturated heterocycles. The molecule has 2 heterocycles. The minimum absolute atomic E-state index is 0.0000439. The quantitative estimate of drug-likeness (QED) is 0.825. The fourth-order valence-corrected chi connectivity index (χ4v) is 2.59. The summed E-state index contributed by atoms with van der Waals surface area (Å²) in [6, 6.07) is 0. The lowest BCUT2D eigenvalue weighted by Gasteiger charge is -2.32. The van der Waals surface area contributed by atoms with Crippen LogP contribution in [0.5, 0.6) is 0 Å². The average molecular weight is 296 g/mol. The van der Waals surface area contributed by atoms with Crippen molar-refractivity contribution in [2.24, 2.45) is 5.73 Å². The highest BCUT2D eigenvalue weighted by molar-refractivity contribution is 7.12. The Morgan fingerprint density at radius 3 is 2.45 bits per heavy atom. The second kappa shape index (κ2) is 5.58. The molecule has 3 N–H and O–H groups in total. The Balaban J connectivity index is 2.21. The summed E-state index contributed by atoms with van der Waals surface area (Å²) >= 11 is 1.43. The molecule has 1 aromatic heterocycles. The van der Waals surface area contributed by atoms with E-state index in [1.807, 2.05) is 33.8 Å². The first kappa shape index (κ1) is 15.7. The van der Waals surface area contributed by atoms with Crippen LogP contribution in [-0.2, 0) is 15.9 Å². The Labute approximate surface area is 123 Å². The predicted octanol–water partition coefficient (Wildman–Crippen LogP) is 1.61. The molecule has 1 aliphatic heterocycles. The van der Waals surface area contributed by atoms with E-state index in [0.717, 1.165) is 15.4 Å². The van der Waals surface area contributed by atoms with Crippen LogP contribution >= 0.6 is 11.3 Å². The van der Waals surface area contributed by atoms with Crippen molar-refractivity contribution in [3.63, 3.8) is 0 Å². The van der Waals surface area contributed by atoms with Gasteiger partial charge in [0.1, 0.15) is 5.01 Å². The highest BCUT2D eigenvalue weighted by Crippen LogP contribution is 2.38. The number of aromatic nitrogens is 1. The van der Waals surface area contributed by atoms with Crippen molar-refractivity contribution in [2.75, 3.05) is 6.54 Å². The van der Waals surface area contributed by atoms with Gasteiger partial charge < -0.3 is 20.1 Å². The lowest BCUT2D eigenvalue weighted by Crippen LogP contribution is -2.41. The van der Waals surface area contributed by atoms with Gasteiger partial charge in [0.25, 0.3) is 0 Å². The van der Waals surface area contributed by atoms with Crippen molar-refractivity contribution in [1.29, 1.82) is 0 Å². The van der Waals surface area contributed by atoms with Gasteiger partial charge in [-0.1, -0.05) is 0 Å². The molecular formula is C13H21BN2O3S. The van der Waals surface area contributed by atoms with E-state index in [4.69, 9.17) is 20.1 Å². The van der Waals surface area contributed by atoms with E-state index in [1.54, 1.807) is 6.20 Å². The SMILES string of the molecule is CC1(C)OB(C(=Cc2ncc(CO)s2)CN)OC1(C)C. The van der Waals surface area contributed by atoms with Crippen LogP contribution in [0.4, 0.5) is 0 Å². The number of thiazole rings is 1. The first-order valence-corrected chi connectivity index (χ1v) is 7.42. The van der Waals surface area contributed by atoms with Gasteiger partial charge in [-0.15, -0.1) is 11.3 Å². The number of hydrogen-bond acceptors (Lipinski definition) is 6. The third-order valence-corrected chi connectivity index (χ3v) is 4.76. The van der Waals surface area contributed by atoms with Crippen molar-refractivity contribution in [1.82, 2.24) is 4.98 Å². The Morgan fingerprint density at radius 2 is 2.00 bits per heavy atom. The van der Waals surface area contributed by atoms with E-state index in [-0.39, 0.29) is 17.8 Å². The Morgan fingerprint density at radius 1 is 1.40 bits per heavy atom. The number of aliphatic hydroxyl groups is 1. The maximum absolute atomic E-state index is 9.07. The minimum atomic E-state index is -0.452. The Kier molecular flexibility index (Phi) is 4.37. The molecule has 0 aromatic carbocycles. The first-order chi connectivity index (χ1) is 9.29. The highest BCUT2D eigenvalue weighted by Gasteiger charge is 2.52. The number of aliphatic hydroxyl groups excluding tert-OH is 1. The smallest absolute Gasteiger partial charge is 0.400 e. The molecule has 0 amide bonds. The molecule has 0 unspecified atom stereocenters. The van der Waals surface area contributed by atoms with Crippen LogP contribution in [0.3, 0.4) is 0 Å². The van der Waals surface area contributed by atoms with Gasteiger partial charge in [0, 0.05) is 12.7 Å². The predicted molar refractivity (Wildman–Crippen MR) is 81.2 cm³/mol. The van der Waals surface area contributed by atoms with Gasteiger partial charge in [0.15, 0.2) is 0 Å². The summed E-state index contributed by atoms with van der Waals surface area (Å²) in [5, 5.41) is 9.86. The minimum Gasteiger partial charge on any atom is -0.400 e. The van der Waals surface area contributed by atoms with Crippen LogP contribution in [0.2, 0.25) is 0 Å². The molecule has 110 valence electrons. The van der Waals surface area contributed by atoms with Gasteiger partial charge in [-0.05, 0) is 39.2 Å². The number of hydrogen-bond donors (Lipinski definition) is 2. The average Bonchev–Trinajstić information content (AvgIpc) is 2.89. The fourth-order valence-electron chi connectivity index (χ4n) is 1.84. The van der Waals surface area contributed by atoms with Crippen LogP contribution in [0.1, 0.15) is 37.6 Å².